The Bertz CT molecular complexity index is 991. The summed E-state index contributed by atoms with van der Waals surface area (Å²) in [4.78, 5) is 40.6. The lowest BCUT2D eigenvalue weighted by molar-refractivity contribution is -0.117. The van der Waals surface area contributed by atoms with Crippen LogP contribution >= 0.6 is 0 Å². The van der Waals surface area contributed by atoms with E-state index < -0.39 is 17.6 Å². The number of carbonyl (C=O) groups is 3. The van der Waals surface area contributed by atoms with Gasteiger partial charge in [0.05, 0.1) is 57.4 Å². The second-order valence-corrected chi connectivity index (χ2v) is 8.53. The van der Waals surface area contributed by atoms with Crippen molar-refractivity contribution in [1.82, 2.24) is 10.3 Å². The summed E-state index contributed by atoms with van der Waals surface area (Å²) in [6, 6.07) is 9.99. The van der Waals surface area contributed by atoms with Crippen LogP contribution < -0.4 is 20.7 Å². The van der Waals surface area contributed by atoms with Crippen molar-refractivity contribution in [3.63, 3.8) is 0 Å². The van der Waals surface area contributed by atoms with Crippen molar-refractivity contribution < 1.29 is 33.3 Å². The van der Waals surface area contributed by atoms with E-state index in [0.29, 0.717) is 49.2 Å². The van der Waals surface area contributed by atoms with Crippen molar-refractivity contribution >= 4 is 29.4 Å². The molecule has 0 aliphatic heterocycles. The summed E-state index contributed by atoms with van der Waals surface area (Å²) in [5, 5.41) is 8.02. The highest BCUT2D eigenvalue weighted by Gasteiger charge is 2.16. The summed E-state index contributed by atoms with van der Waals surface area (Å²) in [6.45, 7) is 6.81. The number of nitrogens with one attached hydrogen (secondary N) is 3. The summed E-state index contributed by atoms with van der Waals surface area (Å²) < 4.78 is 21.0. The molecule has 2 aromatic rings. The Kier molecular flexibility index (Phi) is 11.6. The smallest absolute Gasteiger partial charge is 0.407 e. The lowest BCUT2D eigenvalue weighted by atomic mass is 10.1. The number of hydrogen-bond donors (Lipinski definition) is 3. The number of alkyl carbamates (subject to hydrolysis) is 1. The van der Waals surface area contributed by atoms with E-state index in [1.807, 2.05) is 0 Å². The van der Waals surface area contributed by atoms with Gasteiger partial charge in [0.25, 0.3) is 5.91 Å². The summed E-state index contributed by atoms with van der Waals surface area (Å²) in [7, 11) is 1.53. The standard InChI is InChI=1S/C25H34N4O7/c1-25(2,3)36-24(32)26-12-14-35-16-15-34-13-11-22(30)28-20-8-6-5-7-19(20)23(31)29-21-10-9-18(33-4)17-27-21/h5-10,17H,11-16H2,1-4H3,(H,26,32)(H,28,30)(H,27,29,31). The van der Waals surface area contributed by atoms with Gasteiger partial charge in [0.2, 0.25) is 5.91 Å². The predicted octanol–water partition coefficient (Wildman–Crippen LogP) is 3.23. The van der Waals surface area contributed by atoms with Gasteiger partial charge in [-0.1, -0.05) is 12.1 Å². The Morgan fingerprint density at radius 1 is 0.917 bits per heavy atom. The van der Waals surface area contributed by atoms with Gasteiger partial charge in [-0.3, -0.25) is 9.59 Å². The van der Waals surface area contributed by atoms with Crippen LogP contribution in [0.5, 0.6) is 5.75 Å². The number of benzene rings is 1. The van der Waals surface area contributed by atoms with Crippen molar-refractivity contribution in [3.8, 4) is 5.75 Å². The van der Waals surface area contributed by atoms with Crippen molar-refractivity contribution in [1.29, 1.82) is 0 Å². The zero-order valence-electron chi connectivity index (χ0n) is 21.1. The molecule has 1 heterocycles. The van der Waals surface area contributed by atoms with Gasteiger partial charge in [0.1, 0.15) is 17.2 Å². The van der Waals surface area contributed by atoms with Crippen LogP contribution in [0.25, 0.3) is 0 Å². The minimum absolute atomic E-state index is 0.107. The minimum atomic E-state index is -0.547. The average molecular weight is 503 g/mol. The van der Waals surface area contributed by atoms with Crippen LogP contribution in [-0.2, 0) is 19.0 Å². The summed E-state index contributed by atoms with van der Waals surface area (Å²) >= 11 is 0. The third kappa shape index (κ3) is 11.2. The van der Waals surface area contributed by atoms with Gasteiger partial charge >= 0.3 is 6.09 Å². The lowest BCUT2D eigenvalue weighted by Crippen LogP contribution is -2.34. The van der Waals surface area contributed by atoms with Crippen LogP contribution in [0.3, 0.4) is 0 Å². The van der Waals surface area contributed by atoms with E-state index in [2.05, 4.69) is 20.9 Å². The van der Waals surface area contributed by atoms with Crippen LogP contribution in [0, 0.1) is 0 Å². The fourth-order valence-electron chi connectivity index (χ4n) is 2.79. The van der Waals surface area contributed by atoms with E-state index in [-0.39, 0.29) is 18.9 Å². The number of pyridine rings is 1. The number of rotatable bonds is 13. The first-order valence-corrected chi connectivity index (χ1v) is 11.5. The molecule has 0 unspecified atom stereocenters. The van der Waals surface area contributed by atoms with E-state index >= 15 is 0 Å². The predicted molar refractivity (Wildman–Crippen MR) is 134 cm³/mol. The topological polar surface area (TPSA) is 137 Å². The van der Waals surface area contributed by atoms with Crippen LogP contribution in [0.2, 0.25) is 0 Å². The van der Waals surface area contributed by atoms with Crippen LogP contribution in [0.4, 0.5) is 16.3 Å². The molecule has 0 spiro atoms. The maximum absolute atomic E-state index is 12.7. The zero-order valence-corrected chi connectivity index (χ0v) is 21.1. The molecule has 11 heteroatoms. The van der Waals surface area contributed by atoms with E-state index in [0.717, 1.165) is 0 Å². The molecule has 0 aliphatic rings. The first-order valence-electron chi connectivity index (χ1n) is 11.5. The molecule has 0 saturated carbocycles. The molecule has 0 fully saturated rings. The quantitative estimate of drug-likeness (QED) is 0.355. The Balaban J connectivity index is 1.65. The molecule has 0 bridgehead atoms. The van der Waals surface area contributed by atoms with Crippen molar-refractivity contribution in [2.45, 2.75) is 32.8 Å². The Morgan fingerprint density at radius 3 is 2.31 bits per heavy atom. The largest absolute Gasteiger partial charge is 0.495 e. The summed E-state index contributed by atoms with van der Waals surface area (Å²) in [5.41, 5.74) is 0.140. The fourth-order valence-corrected chi connectivity index (χ4v) is 2.79. The number of hydrogen-bond acceptors (Lipinski definition) is 8. The second kappa shape index (κ2) is 14.6. The van der Waals surface area contributed by atoms with Crippen LogP contribution in [0.15, 0.2) is 42.6 Å². The molecular formula is C25H34N4O7. The van der Waals surface area contributed by atoms with Gasteiger partial charge < -0.3 is 34.9 Å². The third-order valence-electron chi connectivity index (χ3n) is 4.42. The normalized spacial score (nSPS) is 10.9. The van der Waals surface area contributed by atoms with Gasteiger partial charge in [-0.2, -0.15) is 0 Å². The number of amides is 3. The van der Waals surface area contributed by atoms with E-state index in [1.165, 1.54) is 13.3 Å². The number of anilines is 2. The number of carbonyl (C=O) groups excluding carboxylic acids is 3. The number of para-hydroxylation sites is 1. The van der Waals surface area contributed by atoms with Gasteiger partial charge in [-0.15, -0.1) is 0 Å². The second-order valence-electron chi connectivity index (χ2n) is 8.53. The Hall–Kier alpha value is -3.70. The molecular weight excluding hydrogens is 468 g/mol. The van der Waals surface area contributed by atoms with Crippen molar-refractivity contribution in [3.05, 3.63) is 48.2 Å². The van der Waals surface area contributed by atoms with Crippen molar-refractivity contribution in [2.75, 3.05) is 50.7 Å². The van der Waals surface area contributed by atoms with Crippen LogP contribution in [-0.4, -0.2) is 68.6 Å². The van der Waals surface area contributed by atoms with Crippen molar-refractivity contribution in [2.24, 2.45) is 0 Å². The minimum Gasteiger partial charge on any atom is -0.495 e. The lowest BCUT2D eigenvalue weighted by Gasteiger charge is -2.19. The highest BCUT2D eigenvalue weighted by molar-refractivity contribution is 6.09. The molecule has 196 valence electrons. The first kappa shape index (κ1) is 28.5. The Labute approximate surface area is 210 Å². The molecule has 3 amide bonds. The molecule has 0 radical (unpaired) electrons. The summed E-state index contributed by atoms with van der Waals surface area (Å²) in [6.07, 6.45) is 1.11. The third-order valence-corrected chi connectivity index (χ3v) is 4.42. The number of ether oxygens (including phenoxy) is 4. The van der Waals surface area contributed by atoms with Gasteiger partial charge in [-0.25, -0.2) is 9.78 Å². The molecule has 0 atom stereocenters. The fraction of sp³-hybridized carbons (Fsp3) is 0.440. The monoisotopic (exact) mass is 502 g/mol. The van der Waals surface area contributed by atoms with E-state index in [4.69, 9.17) is 18.9 Å². The SMILES string of the molecule is COc1ccc(NC(=O)c2ccccc2NC(=O)CCOCCOCCNC(=O)OC(C)(C)C)nc1. The summed E-state index contributed by atoms with van der Waals surface area (Å²) in [5.74, 6) is 0.237. The molecule has 1 aromatic heterocycles. The Morgan fingerprint density at radius 2 is 1.64 bits per heavy atom. The van der Waals surface area contributed by atoms with Gasteiger partial charge in [-0.05, 0) is 45.0 Å². The molecule has 36 heavy (non-hydrogen) atoms. The molecule has 0 saturated heterocycles. The first-order chi connectivity index (χ1) is 17.2. The molecule has 1 aromatic carbocycles. The van der Waals surface area contributed by atoms with E-state index in [9.17, 15) is 14.4 Å². The van der Waals surface area contributed by atoms with Gasteiger partial charge in [0.15, 0.2) is 0 Å². The maximum atomic E-state index is 12.7. The maximum Gasteiger partial charge on any atom is 0.407 e. The number of aromatic nitrogens is 1. The molecule has 0 aliphatic carbocycles. The number of methoxy groups -OCH3 is 1. The van der Waals surface area contributed by atoms with Crippen LogP contribution in [0.1, 0.15) is 37.6 Å². The molecule has 11 nitrogen and oxygen atoms in total. The molecule has 3 N–H and O–H groups in total. The van der Waals surface area contributed by atoms with Gasteiger partial charge in [0, 0.05) is 6.54 Å². The average Bonchev–Trinajstić information content (AvgIpc) is 2.82. The number of nitrogens with zero attached hydrogens (tertiary/aromatic N) is 1. The highest BCUT2D eigenvalue weighted by Crippen LogP contribution is 2.18. The van der Waals surface area contributed by atoms with E-state index in [1.54, 1.807) is 57.2 Å². The molecule has 2 rings (SSSR count). The highest BCUT2D eigenvalue weighted by atomic mass is 16.6. The zero-order chi connectivity index (χ0) is 26.4.